The summed E-state index contributed by atoms with van der Waals surface area (Å²) in [6.07, 6.45) is 1.08. The maximum absolute atomic E-state index is 11.7. The van der Waals surface area contributed by atoms with Crippen LogP contribution in [-0.2, 0) is 9.50 Å². The molecule has 1 aromatic carbocycles. The number of nitrogens with two attached hydrogens (primary N) is 1. The molecule has 1 saturated carbocycles. The number of phenols is 1. The van der Waals surface area contributed by atoms with Crippen molar-refractivity contribution in [2.24, 2.45) is 5.73 Å². The van der Waals surface area contributed by atoms with Crippen LogP contribution < -0.4 is 15.8 Å². The molecule has 2 aliphatic heterocycles. The maximum atomic E-state index is 11.7. The molecule has 3 fully saturated rings. The van der Waals surface area contributed by atoms with Gasteiger partial charge in [-0.25, -0.2) is 0 Å². The summed E-state index contributed by atoms with van der Waals surface area (Å²) in [5.41, 5.74) is 5.54. The summed E-state index contributed by atoms with van der Waals surface area (Å²) in [4.78, 5) is 25.1. The zero-order valence-electron chi connectivity index (χ0n) is 15.2. The molecule has 10 heteroatoms. The Labute approximate surface area is 162 Å². The molecule has 4 atom stereocenters. The average Bonchev–Trinajstić information content (AvgIpc) is 3.22. The Bertz CT molecular complexity index is 828. The number of hydrogen-bond acceptors (Lipinski definition) is 7. The van der Waals surface area contributed by atoms with E-state index in [1.54, 1.807) is 12.1 Å². The second kappa shape index (κ2) is 7.18. The van der Waals surface area contributed by atoms with Gasteiger partial charge in [-0.05, 0) is 0 Å². The van der Waals surface area contributed by atoms with E-state index < -0.39 is 5.97 Å². The number of likely N-dealkylation sites (tertiary alicyclic amines) is 1. The zero-order chi connectivity index (χ0) is 20.0. The molecule has 1 amide bonds. The first kappa shape index (κ1) is 18.9. The van der Waals surface area contributed by atoms with Crippen molar-refractivity contribution >= 4 is 19.0 Å². The summed E-state index contributed by atoms with van der Waals surface area (Å²) in [5, 5.41) is 23.1. The number of carbonyl (C=O) groups excluding carboxylic acids is 1. The van der Waals surface area contributed by atoms with E-state index in [-0.39, 0.29) is 52.9 Å². The third-order valence-electron chi connectivity index (χ3n) is 5.94. The van der Waals surface area contributed by atoms with E-state index in [0.29, 0.717) is 38.0 Å². The first-order valence-electron chi connectivity index (χ1n) is 9.36. The van der Waals surface area contributed by atoms with Crippen LogP contribution in [0.4, 0.5) is 0 Å². The van der Waals surface area contributed by atoms with Crippen LogP contribution >= 0.6 is 0 Å². The standard InChI is InChI=1S/C18H22BN3O6/c20-17(24)13-3-8(5-21-13)22-6-9(7-22)28-14-2-1-10(11-4-12(11)19-27)16(23)15(14)18(25)26/h1-2,8-9,11-13,21,23H,3-7H2,(H2,20,24)(H,25,26)/t8-,11+,12+,13+/m0/s1. The number of carbonyl (C=O) groups is 2. The molecule has 148 valence electrons. The van der Waals surface area contributed by atoms with Gasteiger partial charge in [0, 0.05) is 0 Å². The Balaban J connectivity index is 1.41. The SMILES string of the molecule is NC(=O)[C@H]1C[C@H](N2CC(Oc3ccc([C@H]4C[C@H]4B=O)c(O)c3C(=O)O)C2)CN1. The van der Waals surface area contributed by atoms with Gasteiger partial charge < -0.3 is 11.1 Å². The Morgan fingerprint density at radius 1 is 1.29 bits per heavy atom. The summed E-state index contributed by atoms with van der Waals surface area (Å²) < 4.78 is 16.7. The molecular weight excluding hydrogens is 365 g/mol. The van der Waals surface area contributed by atoms with Crippen LogP contribution in [-0.4, -0.2) is 72.0 Å². The molecule has 2 saturated heterocycles. The fourth-order valence-electron chi connectivity index (χ4n) is 4.15. The number of nitrogens with one attached hydrogen (secondary N) is 1. The molecule has 5 N–H and O–H groups in total. The Hall–Kier alpha value is -2.46. The fourth-order valence-corrected chi connectivity index (χ4v) is 4.15. The Kier molecular flexibility index (Phi) is 4.84. The molecule has 2 heterocycles. The zero-order valence-corrected chi connectivity index (χ0v) is 15.2. The molecule has 0 unspecified atom stereocenters. The van der Waals surface area contributed by atoms with Gasteiger partial charge in [-0.2, -0.15) is 0 Å². The summed E-state index contributed by atoms with van der Waals surface area (Å²) in [5.74, 6) is -2.11. The number of amides is 1. The topological polar surface area (TPSA) is 142 Å². The molecule has 4 rings (SSSR count). The van der Waals surface area contributed by atoms with Crippen LogP contribution in [0.1, 0.15) is 34.7 Å². The van der Waals surface area contributed by atoms with Gasteiger partial charge in [-0.15, -0.1) is 0 Å². The van der Waals surface area contributed by atoms with Crippen molar-refractivity contribution in [3.8, 4) is 11.5 Å². The van der Waals surface area contributed by atoms with Gasteiger partial charge in [0.2, 0.25) is 5.91 Å². The van der Waals surface area contributed by atoms with Crippen LogP contribution in [0.5, 0.6) is 11.5 Å². The van der Waals surface area contributed by atoms with Crippen LogP contribution in [0, 0.1) is 0 Å². The predicted octanol–water partition coefficient (Wildman–Crippen LogP) is -0.305. The van der Waals surface area contributed by atoms with Crippen molar-refractivity contribution in [2.45, 2.75) is 42.8 Å². The van der Waals surface area contributed by atoms with Gasteiger partial charge in [0.1, 0.15) is 0 Å². The van der Waals surface area contributed by atoms with Crippen LogP contribution in [0.3, 0.4) is 0 Å². The van der Waals surface area contributed by atoms with Gasteiger partial charge in [0.15, 0.2) is 0 Å². The molecule has 9 nitrogen and oxygen atoms in total. The molecule has 0 aromatic heterocycles. The van der Waals surface area contributed by atoms with Crippen LogP contribution in [0.15, 0.2) is 12.1 Å². The smallest absolute Gasteiger partial charge is 0.304 e. The van der Waals surface area contributed by atoms with E-state index >= 15 is 0 Å². The van der Waals surface area contributed by atoms with Crippen LogP contribution in [0.2, 0.25) is 5.82 Å². The van der Waals surface area contributed by atoms with Crippen molar-refractivity contribution in [3.05, 3.63) is 23.3 Å². The van der Waals surface area contributed by atoms with Gasteiger partial charge in [0.25, 0.3) is 0 Å². The summed E-state index contributed by atoms with van der Waals surface area (Å²) in [7, 11) is 0.832. The van der Waals surface area contributed by atoms with Gasteiger partial charge in [0.05, 0.1) is 6.04 Å². The minimum absolute atomic E-state index is 0.126. The number of primary amides is 1. The summed E-state index contributed by atoms with van der Waals surface area (Å²) in [6, 6.07) is 3.08. The second-order valence-electron chi connectivity index (χ2n) is 7.77. The summed E-state index contributed by atoms with van der Waals surface area (Å²) >= 11 is 0. The number of aromatic carboxylic acids is 1. The number of benzene rings is 1. The van der Waals surface area contributed by atoms with E-state index in [0.717, 1.165) is 7.15 Å². The minimum Gasteiger partial charge on any atom is -0.304 e. The Morgan fingerprint density at radius 2 is 2.04 bits per heavy atom. The van der Waals surface area contributed by atoms with Crippen LogP contribution in [0.25, 0.3) is 0 Å². The number of ether oxygens (including phenoxy) is 1. The van der Waals surface area contributed by atoms with Crippen molar-refractivity contribution in [1.29, 1.82) is 0 Å². The normalized spacial score (nSPS) is 29.7. The predicted molar refractivity (Wildman–Crippen MR) is 98.0 cm³/mol. The third-order valence-corrected chi connectivity index (χ3v) is 5.94. The molecule has 3 aliphatic rings. The van der Waals surface area contributed by atoms with Gasteiger partial charge in [-0.1, -0.05) is 0 Å². The molecule has 28 heavy (non-hydrogen) atoms. The first-order valence-corrected chi connectivity index (χ1v) is 9.36. The monoisotopic (exact) mass is 387 g/mol. The first-order chi connectivity index (χ1) is 13.4. The number of carboxylic acids is 1. The fraction of sp³-hybridized carbons (Fsp3) is 0.556. The quantitative estimate of drug-likeness (QED) is 0.467. The average molecular weight is 387 g/mol. The molecule has 0 radical (unpaired) electrons. The van der Waals surface area contributed by atoms with E-state index in [9.17, 15) is 24.5 Å². The number of aromatic hydroxyl groups is 1. The minimum atomic E-state index is -1.27. The van der Waals surface area contributed by atoms with E-state index in [1.165, 1.54) is 0 Å². The second-order valence-corrected chi connectivity index (χ2v) is 7.77. The van der Waals surface area contributed by atoms with Crippen molar-refractivity contribution < 1.29 is 29.2 Å². The summed E-state index contributed by atoms with van der Waals surface area (Å²) in [6.45, 7) is 1.89. The molecule has 0 bridgehead atoms. The molecular formula is C18H22BN3O6. The van der Waals surface area contributed by atoms with Gasteiger partial charge in [-0.3, -0.25) is 4.79 Å². The van der Waals surface area contributed by atoms with Crippen molar-refractivity contribution in [1.82, 2.24) is 10.2 Å². The molecule has 0 spiro atoms. The van der Waals surface area contributed by atoms with Crippen molar-refractivity contribution in [3.63, 3.8) is 0 Å². The van der Waals surface area contributed by atoms with E-state index in [2.05, 4.69) is 10.2 Å². The van der Waals surface area contributed by atoms with Crippen molar-refractivity contribution in [2.75, 3.05) is 19.6 Å². The molecule has 1 aromatic rings. The third kappa shape index (κ3) is 3.38. The number of carboxylic acid groups (broad SMARTS) is 1. The Morgan fingerprint density at radius 3 is 2.61 bits per heavy atom. The molecule has 1 aliphatic carbocycles. The number of hydrogen-bond donors (Lipinski definition) is 4. The van der Waals surface area contributed by atoms with Gasteiger partial charge >= 0.3 is 134 Å². The van der Waals surface area contributed by atoms with E-state index in [1.807, 2.05) is 0 Å². The number of nitrogens with zero attached hydrogens (tertiary/aromatic N) is 1. The number of rotatable bonds is 7. The van der Waals surface area contributed by atoms with E-state index in [4.69, 9.17) is 10.5 Å².